The van der Waals surface area contributed by atoms with Gasteiger partial charge < -0.3 is 28.9 Å². The first kappa shape index (κ1) is 35.7. The van der Waals surface area contributed by atoms with Crippen molar-refractivity contribution in [2.75, 3.05) is 13.2 Å². The van der Waals surface area contributed by atoms with E-state index in [1.807, 2.05) is 19.9 Å². The quantitative estimate of drug-likeness (QED) is 0.141. The molecule has 4 aliphatic carbocycles. The molecule has 1 aromatic carbocycles. The van der Waals surface area contributed by atoms with E-state index < -0.39 is 64.5 Å². The maximum Gasteiger partial charge on any atom is 0.509 e. The zero-order chi connectivity index (χ0) is 35.6. The van der Waals surface area contributed by atoms with Gasteiger partial charge in [0.05, 0.1) is 25.6 Å². The van der Waals surface area contributed by atoms with Crippen LogP contribution >= 0.6 is 0 Å². The molecule has 1 N–H and O–H groups in total. The van der Waals surface area contributed by atoms with E-state index in [0.717, 1.165) is 5.57 Å². The number of aliphatic hydroxyl groups is 1. The lowest BCUT2D eigenvalue weighted by Gasteiger charge is -2.59. The van der Waals surface area contributed by atoms with Crippen LogP contribution in [0.25, 0.3) is 0 Å². The topological polar surface area (TPSA) is 195 Å². The van der Waals surface area contributed by atoms with E-state index in [9.17, 15) is 39.2 Å². The van der Waals surface area contributed by atoms with Crippen molar-refractivity contribution in [1.29, 1.82) is 0 Å². The van der Waals surface area contributed by atoms with Gasteiger partial charge in [-0.05, 0) is 80.7 Å². The van der Waals surface area contributed by atoms with Crippen LogP contribution in [0.5, 0.6) is 5.75 Å². The predicted molar refractivity (Wildman–Crippen MR) is 168 cm³/mol. The second kappa shape index (κ2) is 14.1. The molecule has 3 fully saturated rings. The summed E-state index contributed by atoms with van der Waals surface area (Å²) in [5, 5.41) is 21.2. The van der Waals surface area contributed by atoms with Crippen molar-refractivity contribution in [3.8, 4) is 5.75 Å². The Bertz CT molecular complexity index is 1580. The Kier molecular flexibility index (Phi) is 10.3. The lowest BCUT2D eigenvalue weighted by Crippen LogP contribution is -2.63. The van der Waals surface area contributed by atoms with Crippen LogP contribution in [0.15, 0.2) is 48.1 Å². The largest absolute Gasteiger partial charge is 0.509 e. The molecule has 14 heteroatoms. The number of ketones is 2. The molecular weight excluding hydrogens is 642 g/mol. The maximum atomic E-state index is 14.1. The number of Topliss-reactive ketones (excluding diaryl/α,β-unsaturated/α-hetero) is 1. The van der Waals surface area contributed by atoms with Crippen molar-refractivity contribution in [3.63, 3.8) is 0 Å². The number of carbonyl (C=O) groups excluding carboxylic acids is 5. The summed E-state index contributed by atoms with van der Waals surface area (Å²) in [7, 11) is 0. The molecule has 5 rings (SSSR count). The summed E-state index contributed by atoms with van der Waals surface area (Å²) in [6.07, 6.45) is 4.53. The molecule has 0 amide bonds. The highest BCUT2D eigenvalue weighted by Crippen LogP contribution is 2.68. The highest BCUT2D eigenvalue weighted by molar-refractivity contribution is 6.01. The maximum absolute atomic E-state index is 14.1. The molecule has 4 aliphatic rings. The minimum atomic E-state index is -1.74. The highest BCUT2D eigenvalue weighted by Gasteiger charge is 2.70. The molecule has 0 radical (unpaired) electrons. The van der Waals surface area contributed by atoms with Gasteiger partial charge in [0.15, 0.2) is 18.0 Å². The summed E-state index contributed by atoms with van der Waals surface area (Å²) in [6, 6.07) is 5.92. The fourth-order valence-electron chi connectivity index (χ4n) is 8.83. The number of fused-ring (bicyclic) bond motifs is 5. The molecule has 0 bridgehead atoms. The monoisotopic (exact) mass is 683 g/mol. The minimum absolute atomic E-state index is 0.0110. The van der Waals surface area contributed by atoms with Crippen LogP contribution in [-0.4, -0.2) is 64.8 Å². The van der Waals surface area contributed by atoms with Crippen LogP contribution in [0, 0.1) is 38.7 Å². The van der Waals surface area contributed by atoms with E-state index in [1.54, 1.807) is 25.1 Å². The zero-order valence-electron chi connectivity index (χ0n) is 27.7. The number of ether oxygens (including phenoxy) is 4. The van der Waals surface area contributed by atoms with Crippen molar-refractivity contribution >= 4 is 29.7 Å². The van der Waals surface area contributed by atoms with Crippen molar-refractivity contribution < 1.29 is 58.0 Å². The van der Waals surface area contributed by atoms with Gasteiger partial charge in [0.2, 0.25) is 5.78 Å². The number of carbonyl (C=O) groups is 5. The van der Waals surface area contributed by atoms with Gasteiger partial charge in [-0.3, -0.25) is 19.2 Å². The molecule has 49 heavy (non-hydrogen) atoms. The highest BCUT2D eigenvalue weighted by atomic mass is 16.9. The average Bonchev–Trinajstić information content (AvgIpc) is 3.33. The second-order valence-electron chi connectivity index (χ2n) is 13.6. The Hall–Kier alpha value is -4.59. The van der Waals surface area contributed by atoms with Gasteiger partial charge in [-0.15, -0.1) is 10.1 Å². The fourth-order valence-corrected chi connectivity index (χ4v) is 8.83. The average molecular weight is 684 g/mol. The van der Waals surface area contributed by atoms with Crippen molar-refractivity contribution in [3.05, 3.63) is 63.7 Å². The van der Waals surface area contributed by atoms with E-state index in [0.29, 0.717) is 24.8 Å². The molecule has 0 aromatic heterocycles. The molecular formula is C35H41NO13. The summed E-state index contributed by atoms with van der Waals surface area (Å²) in [6.45, 7) is 4.43. The normalized spacial score (nSPS) is 31.3. The van der Waals surface area contributed by atoms with E-state index in [2.05, 4.69) is 4.84 Å². The lowest BCUT2D eigenvalue weighted by atomic mass is 9.46. The van der Waals surface area contributed by atoms with E-state index in [-0.39, 0.29) is 61.8 Å². The third-order valence-corrected chi connectivity index (χ3v) is 11.0. The predicted octanol–water partition coefficient (Wildman–Crippen LogP) is 4.38. The van der Waals surface area contributed by atoms with E-state index in [4.69, 9.17) is 18.9 Å². The Balaban J connectivity index is 1.25. The van der Waals surface area contributed by atoms with Crippen molar-refractivity contribution in [2.24, 2.45) is 28.6 Å². The standard InChI is InChI=1S/C35H41NO13/c1-4-45-32(42)49-35(28(39)20-46-29(40)10-11-30(41)48-24-7-5-6-21(16-24)19-47-36(43)44)15-13-26-25-9-8-22-17-23(37)12-14-33(22,2)31(25)27(38)18-34(26,35)3/h5-7,12,14,16-17,25-27,31,38H,4,8-11,13,15,18-20H2,1-3H3/t25?,26?,27-,31?,33-,34-,35-/m0/s1. The van der Waals surface area contributed by atoms with Gasteiger partial charge in [0, 0.05) is 16.7 Å². The van der Waals surface area contributed by atoms with Crippen LogP contribution in [-0.2, 0) is 44.8 Å². The molecule has 1 aromatic rings. The van der Waals surface area contributed by atoms with E-state index >= 15 is 0 Å². The van der Waals surface area contributed by atoms with Gasteiger partial charge >= 0.3 is 18.1 Å². The summed E-state index contributed by atoms with van der Waals surface area (Å²) < 4.78 is 21.5. The molecule has 7 atom stereocenters. The number of aliphatic hydroxyl groups excluding tert-OH is 1. The Morgan fingerprint density at radius 1 is 1.08 bits per heavy atom. The number of hydrogen-bond donors (Lipinski definition) is 1. The van der Waals surface area contributed by atoms with Crippen LogP contribution in [0.4, 0.5) is 4.79 Å². The molecule has 0 heterocycles. The summed E-state index contributed by atoms with van der Waals surface area (Å²) in [4.78, 5) is 78.9. The molecule has 264 valence electrons. The number of esters is 2. The van der Waals surface area contributed by atoms with Gasteiger partial charge in [-0.1, -0.05) is 37.6 Å². The summed E-state index contributed by atoms with van der Waals surface area (Å²) >= 11 is 0. The van der Waals surface area contributed by atoms with Crippen LogP contribution in [0.1, 0.15) is 71.3 Å². The first-order valence-electron chi connectivity index (χ1n) is 16.5. The fraction of sp³-hybridized carbons (Fsp3) is 0.571. The number of hydrogen-bond acceptors (Lipinski definition) is 13. The SMILES string of the molecule is CCOC(=O)O[C@]1(C(=O)COC(=O)CCC(=O)Oc2cccc(CO[N+](=O)[O-])c2)CCC2C3CCC4=CC(=O)C=C[C@]4(C)C3[C@@H](O)C[C@@]21C. The smallest absolute Gasteiger partial charge is 0.457 e. The molecule has 0 saturated heterocycles. The first-order valence-corrected chi connectivity index (χ1v) is 16.5. The number of benzene rings is 1. The Labute approximate surface area is 282 Å². The molecule has 14 nitrogen and oxygen atoms in total. The van der Waals surface area contributed by atoms with Gasteiger partial charge in [-0.25, -0.2) is 4.79 Å². The molecule has 3 unspecified atom stereocenters. The van der Waals surface area contributed by atoms with Crippen LogP contribution in [0.2, 0.25) is 0 Å². The number of allylic oxidation sites excluding steroid dienone is 4. The summed E-state index contributed by atoms with van der Waals surface area (Å²) in [5.74, 6) is -2.62. The Morgan fingerprint density at radius 2 is 1.84 bits per heavy atom. The third kappa shape index (κ3) is 6.96. The number of nitrogens with zero attached hydrogens (tertiary/aromatic N) is 1. The van der Waals surface area contributed by atoms with Crippen molar-refractivity contribution in [1.82, 2.24) is 0 Å². The summed E-state index contributed by atoms with van der Waals surface area (Å²) in [5.41, 5.74) is -1.91. The van der Waals surface area contributed by atoms with Gasteiger partial charge in [-0.2, -0.15) is 0 Å². The lowest BCUT2D eigenvalue weighted by molar-refractivity contribution is -0.763. The van der Waals surface area contributed by atoms with E-state index in [1.165, 1.54) is 18.2 Å². The molecule has 3 saturated carbocycles. The second-order valence-corrected chi connectivity index (χ2v) is 13.6. The molecule has 0 aliphatic heterocycles. The van der Waals surface area contributed by atoms with Crippen molar-refractivity contribution in [2.45, 2.75) is 84.0 Å². The van der Waals surface area contributed by atoms with Gasteiger partial charge in [0.25, 0.3) is 5.09 Å². The minimum Gasteiger partial charge on any atom is -0.457 e. The van der Waals surface area contributed by atoms with Gasteiger partial charge in [0.1, 0.15) is 12.4 Å². The zero-order valence-corrected chi connectivity index (χ0v) is 27.7. The Morgan fingerprint density at radius 3 is 2.57 bits per heavy atom. The number of rotatable bonds is 12. The third-order valence-electron chi connectivity index (χ3n) is 11.0. The van der Waals surface area contributed by atoms with Crippen LogP contribution < -0.4 is 4.74 Å². The van der Waals surface area contributed by atoms with Crippen LogP contribution in [0.3, 0.4) is 0 Å². The first-order chi connectivity index (χ1) is 23.2. The molecule has 0 spiro atoms.